The Morgan fingerprint density at radius 3 is 2.85 bits per heavy atom. The summed E-state index contributed by atoms with van der Waals surface area (Å²) in [6.45, 7) is 1.55. The number of anilines is 1. The molecule has 2 aliphatic rings. The highest BCUT2D eigenvalue weighted by atomic mass is 35.5. The number of aromatic nitrogens is 3. The third-order valence-corrected chi connectivity index (χ3v) is 5.65. The van der Waals surface area contributed by atoms with E-state index in [-0.39, 0.29) is 11.9 Å². The molecule has 3 heterocycles. The van der Waals surface area contributed by atoms with Gasteiger partial charge in [0.05, 0.1) is 11.1 Å². The third kappa shape index (κ3) is 3.70. The summed E-state index contributed by atoms with van der Waals surface area (Å²) >= 11 is 6.23. The van der Waals surface area contributed by atoms with Gasteiger partial charge in [0.15, 0.2) is 0 Å². The zero-order valence-corrected chi connectivity index (χ0v) is 15.5. The van der Waals surface area contributed by atoms with Crippen LogP contribution < -0.4 is 10.2 Å². The number of halogens is 1. The van der Waals surface area contributed by atoms with E-state index in [4.69, 9.17) is 11.6 Å². The van der Waals surface area contributed by atoms with Crippen LogP contribution >= 0.6 is 11.6 Å². The maximum absolute atomic E-state index is 12.6. The van der Waals surface area contributed by atoms with Crippen molar-refractivity contribution in [2.45, 2.75) is 50.6 Å². The van der Waals surface area contributed by atoms with E-state index in [0.29, 0.717) is 23.3 Å². The van der Waals surface area contributed by atoms with Gasteiger partial charge in [-0.1, -0.05) is 30.9 Å². The predicted octanol–water partition coefficient (Wildman–Crippen LogP) is 3.45. The molecule has 0 bridgehead atoms. The number of rotatable bonds is 4. The normalized spacial score (nSPS) is 21.1. The lowest BCUT2D eigenvalue weighted by atomic mass is 9.96. The number of pyridine rings is 1. The minimum absolute atomic E-state index is 0.0837. The van der Waals surface area contributed by atoms with Crippen LogP contribution in [0.15, 0.2) is 30.6 Å². The molecule has 1 saturated heterocycles. The molecule has 0 aromatic carbocycles. The molecule has 2 fully saturated rings. The molecular weight excluding hydrogens is 350 g/mol. The maximum Gasteiger partial charge on any atom is 0.272 e. The minimum Gasteiger partial charge on any atom is -0.353 e. The first-order valence-corrected chi connectivity index (χ1v) is 9.80. The van der Waals surface area contributed by atoms with Crippen LogP contribution in [0, 0.1) is 0 Å². The van der Waals surface area contributed by atoms with Gasteiger partial charge in [-0.25, -0.2) is 4.98 Å². The summed E-state index contributed by atoms with van der Waals surface area (Å²) in [4.78, 5) is 19.0. The second kappa shape index (κ2) is 7.66. The SMILES string of the molecule is O=C(NC1CCN(c2ncccc2Cl)C1)c1ccn(C2CCCCC2)n1. The van der Waals surface area contributed by atoms with Gasteiger partial charge in [-0.15, -0.1) is 0 Å². The smallest absolute Gasteiger partial charge is 0.272 e. The minimum atomic E-state index is -0.0986. The van der Waals surface area contributed by atoms with Gasteiger partial charge in [0.2, 0.25) is 0 Å². The van der Waals surface area contributed by atoms with Crippen molar-refractivity contribution in [1.29, 1.82) is 0 Å². The van der Waals surface area contributed by atoms with Crippen molar-refractivity contribution in [3.63, 3.8) is 0 Å². The van der Waals surface area contributed by atoms with Gasteiger partial charge >= 0.3 is 0 Å². The number of hydrogen-bond acceptors (Lipinski definition) is 4. The molecule has 0 spiro atoms. The van der Waals surface area contributed by atoms with Crippen LogP contribution in [-0.4, -0.2) is 39.8 Å². The molecule has 4 rings (SSSR count). The lowest BCUT2D eigenvalue weighted by Crippen LogP contribution is -2.37. The fourth-order valence-electron chi connectivity index (χ4n) is 3.95. The van der Waals surface area contributed by atoms with E-state index in [0.717, 1.165) is 31.6 Å². The Labute approximate surface area is 158 Å². The lowest BCUT2D eigenvalue weighted by molar-refractivity contribution is 0.0934. The van der Waals surface area contributed by atoms with Crippen molar-refractivity contribution >= 4 is 23.3 Å². The van der Waals surface area contributed by atoms with Crippen LogP contribution in [0.2, 0.25) is 5.02 Å². The Morgan fingerprint density at radius 2 is 2.04 bits per heavy atom. The van der Waals surface area contributed by atoms with E-state index in [2.05, 4.69) is 20.3 Å². The number of carbonyl (C=O) groups excluding carboxylic acids is 1. The molecule has 1 unspecified atom stereocenters. The van der Waals surface area contributed by atoms with E-state index in [1.807, 2.05) is 29.1 Å². The van der Waals surface area contributed by atoms with Crippen LogP contribution in [0.1, 0.15) is 55.1 Å². The zero-order valence-electron chi connectivity index (χ0n) is 14.8. The molecule has 0 radical (unpaired) electrons. The van der Waals surface area contributed by atoms with Gasteiger partial charge < -0.3 is 10.2 Å². The monoisotopic (exact) mass is 373 g/mol. The molecule has 2 aromatic heterocycles. The molecule has 1 aliphatic heterocycles. The molecule has 26 heavy (non-hydrogen) atoms. The average molecular weight is 374 g/mol. The molecular formula is C19H24ClN5O. The number of nitrogens with one attached hydrogen (secondary N) is 1. The Kier molecular flexibility index (Phi) is 5.11. The number of amides is 1. The second-order valence-corrected chi connectivity index (χ2v) is 7.59. The van der Waals surface area contributed by atoms with Crippen LogP contribution in [0.25, 0.3) is 0 Å². The van der Waals surface area contributed by atoms with Crippen LogP contribution in [0.4, 0.5) is 5.82 Å². The third-order valence-electron chi connectivity index (χ3n) is 5.35. The lowest BCUT2D eigenvalue weighted by Gasteiger charge is -2.21. The highest BCUT2D eigenvalue weighted by molar-refractivity contribution is 6.32. The van der Waals surface area contributed by atoms with Crippen molar-refractivity contribution in [3.05, 3.63) is 41.3 Å². The molecule has 1 amide bonds. The molecule has 1 aliphatic carbocycles. The van der Waals surface area contributed by atoms with Gasteiger partial charge in [-0.2, -0.15) is 5.10 Å². The van der Waals surface area contributed by atoms with E-state index in [1.54, 1.807) is 6.20 Å². The van der Waals surface area contributed by atoms with Crippen molar-refractivity contribution in [2.75, 3.05) is 18.0 Å². The topological polar surface area (TPSA) is 63.1 Å². The van der Waals surface area contributed by atoms with E-state index >= 15 is 0 Å². The van der Waals surface area contributed by atoms with Gasteiger partial charge in [0, 0.05) is 31.5 Å². The van der Waals surface area contributed by atoms with Gasteiger partial charge in [-0.3, -0.25) is 9.48 Å². The summed E-state index contributed by atoms with van der Waals surface area (Å²) in [5.41, 5.74) is 0.505. The predicted molar refractivity (Wildman–Crippen MR) is 102 cm³/mol. The summed E-state index contributed by atoms with van der Waals surface area (Å²) in [6.07, 6.45) is 10.7. The standard InChI is InChI=1S/C19H24ClN5O/c20-16-7-4-10-21-18(16)24-11-8-14(13-24)22-19(26)17-9-12-25(23-17)15-5-2-1-3-6-15/h4,7,9-10,12,14-15H,1-3,5-6,8,11,13H2,(H,22,26). The Hall–Kier alpha value is -2.08. The van der Waals surface area contributed by atoms with Crippen molar-refractivity contribution in [1.82, 2.24) is 20.1 Å². The summed E-state index contributed by atoms with van der Waals surface area (Å²) < 4.78 is 1.97. The van der Waals surface area contributed by atoms with Crippen molar-refractivity contribution in [2.24, 2.45) is 0 Å². The molecule has 7 heteroatoms. The summed E-state index contributed by atoms with van der Waals surface area (Å²) in [6, 6.07) is 6.02. The molecule has 1 atom stereocenters. The Bertz CT molecular complexity index is 771. The van der Waals surface area contributed by atoms with Crippen LogP contribution in [0.5, 0.6) is 0 Å². The van der Waals surface area contributed by atoms with E-state index < -0.39 is 0 Å². The average Bonchev–Trinajstić information content (AvgIpc) is 3.33. The van der Waals surface area contributed by atoms with E-state index in [9.17, 15) is 4.79 Å². The van der Waals surface area contributed by atoms with Crippen LogP contribution in [-0.2, 0) is 0 Å². The summed E-state index contributed by atoms with van der Waals surface area (Å²) in [5, 5.41) is 8.27. The second-order valence-electron chi connectivity index (χ2n) is 7.19. The Morgan fingerprint density at radius 1 is 1.19 bits per heavy atom. The van der Waals surface area contributed by atoms with Crippen molar-refractivity contribution in [3.8, 4) is 0 Å². The molecule has 138 valence electrons. The fourth-order valence-corrected chi connectivity index (χ4v) is 4.19. The number of carbonyl (C=O) groups is 1. The Balaban J connectivity index is 1.35. The number of hydrogen-bond donors (Lipinski definition) is 1. The van der Waals surface area contributed by atoms with Gasteiger partial charge in [0.25, 0.3) is 5.91 Å². The molecule has 2 aromatic rings. The summed E-state index contributed by atoms with van der Waals surface area (Å²) in [7, 11) is 0. The van der Waals surface area contributed by atoms with Crippen molar-refractivity contribution < 1.29 is 4.79 Å². The highest BCUT2D eigenvalue weighted by Crippen LogP contribution is 2.28. The first-order valence-electron chi connectivity index (χ1n) is 9.42. The number of nitrogens with zero attached hydrogens (tertiary/aromatic N) is 4. The van der Waals surface area contributed by atoms with Gasteiger partial charge in [0.1, 0.15) is 11.5 Å². The van der Waals surface area contributed by atoms with Gasteiger partial charge in [-0.05, 0) is 37.5 Å². The highest BCUT2D eigenvalue weighted by Gasteiger charge is 2.27. The molecule has 1 N–H and O–H groups in total. The largest absolute Gasteiger partial charge is 0.353 e. The molecule has 1 saturated carbocycles. The first-order chi connectivity index (χ1) is 12.7. The zero-order chi connectivity index (χ0) is 17.9. The summed E-state index contributed by atoms with van der Waals surface area (Å²) in [5.74, 6) is 0.686. The molecule has 6 nitrogen and oxygen atoms in total. The maximum atomic E-state index is 12.6. The van der Waals surface area contributed by atoms with E-state index in [1.165, 1.54) is 19.3 Å². The quantitative estimate of drug-likeness (QED) is 0.891. The van der Waals surface area contributed by atoms with Crippen LogP contribution in [0.3, 0.4) is 0 Å². The fraction of sp³-hybridized carbons (Fsp3) is 0.526. The first kappa shape index (κ1) is 17.3.